The zero-order valence-electron chi connectivity index (χ0n) is 6.65. The first-order valence-electron chi connectivity index (χ1n) is 3.20. The summed E-state index contributed by atoms with van der Waals surface area (Å²) in [5.74, 6) is 2.45. The topological polar surface area (TPSA) is 3.24 Å². The van der Waals surface area contributed by atoms with Crippen LogP contribution in [0.3, 0.4) is 0 Å². The van der Waals surface area contributed by atoms with E-state index >= 15 is 0 Å². The highest BCUT2D eigenvalue weighted by Crippen LogP contribution is 2.07. The van der Waals surface area contributed by atoms with E-state index in [0.29, 0.717) is 5.70 Å². The number of hydrogen-bond donors (Lipinski definition) is 0. The molecule has 10 heavy (non-hydrogen) atoms. The molecule has 0 aromatic rings. The summed E-state index contributed by atoms with van der Waals surface area (Å²) in [6, 6.07) is 0. The van der Waals surface area contributed by atoms with Crippen molar-refractivity contribution < 1.29 is 0 Å². The lowest BCUT2D eigenvalue weighted by Gasteiger charge is -2.18. The van der Waals surface area contributed by atoms with Gasteiger partial charge in [-0.2, -0.15) is 0 Å². The molecule has 1 nitrogen and oxygen atoms in total. The smallest absolute Gasteiger partial charge is 0.0842 e. The molecule has 0 bridgehead atoms. The predicted molar refractivity (Wildman–Crippen MR) is 45.2 cm³/mol. The van der Waals surface area contributed by atoms with Crippen molar-refractivity contribution in [1.82, 2.24) is 4.90 Å². The molecule has 1 heteroatoms. The minimum Gasteiger partial charge on any atom is -0.342 e. The molecule has 0 aliphatic rings. The molecule has 0 saturated carbocycles. The molecular weight excluding hydrogens is 122 g/mol. The van der Waals surface area contributed by atoms with Gasteiger partial charge in [0.2, 0.25) is 0 Å². The Bertz CT molecular complexity index is 183. The Morgan fingerprint density at radius 2 is 2.10 bits per heavy atom. The van der Waals surface area contributed by atoms with Gasteiger partial charge in [0.1, 0.15) is 0 Å². The Kier molecular flexibility index (Phi) is 3.35. The van der Waals surface area contributed by atoms with E-state index in [0.717, 1.165) is 12.1 Å². The summed E-state index contributed by atoms with van der Waals surface area (Å²) >= 11 is 0. The molecule has 54 valence electrons. The molecule has 0 radical (unpaired) electrons. The average Bonchev–Trinajstić information content (AvgIpc) is 2.00. The third kappa shape index (κ3) is 1.99. The summed E-state index contributed by atoms with van der Waals surface area (Å²) < 4.78 is 0. The van der Waals surface area contributed by atoms with Crippen LogP contribution in [0, 0.1) is 12.3 Å². The van der Waals surface area contributed by atoms with Crippen molar-refractivity contribution in [3.05, 3.63) is 24.6 Å². The van der Waals surface area contributed by atoms with Crippen LogP contribution >= 0.6 is 0 Å². The first-order valence-corrected chi connectivity index (χ1v) is 3.20. The van der Waals surface area contributed by atoms with Crippen LogP contribution in [0.2, 0.25) is 0 Å². The fraction of sp³-hybridized carbons (Fsp3) is 0.333. The van der Waals surface area contributed by atoms with Crippen molar-refractivity contribution in [3.63, 3.8) is 0 Å². The van der Waals surface area contributed by atoms with Gasteiger partial charge in [0.15, 0.2) is 0 Å². The van der Waals surface area contributed by atoms with Crippen molar-refractivity contribution in [1.29, 1.82) is 0 Å². The van der Waals surface area contributed by atoms with Gasteiger partial charge >= 0.3 is 0 Å². The molecule has 0 spiro atoms. The first kappa shape index (κ1) is 8.84. The zero-order valence-corrected chi connectivity index (χ0v) is 6.65. The summed E-state index contributed by atoms with van der Waals surface area (Å²) in [4.78, 5) is 1.82. The van der Waals surface area contributed by atoms with Crippen LogP contribution in [0.25, 0.3) is 0 Å². The highest BCUT2D eigenvalue weighted by Gasteiger charge is 1.99. The van der Waals surface area contributed by atoms with Gasteiger partial charge in [-0.15, -0.1) is 6.42 Å². The van der Waals surface area contributed by atoms with E-state index in [1.54, 1.807) is 0 Å². The quantitative estimate of drug-likeness (QED) is 0.535. The molecule has 0 fully saturated rings. The standard InChI is InChI=1S/C9H13N/c1-6-8(3)10(5)9(4)7-2/h1H,3-4,7H2,2,5H3. The van der Waals surface area contributed by atoms with Crippen molar-refractivity contribution in [2.75, 3.05) is 7.05 Å². The second-order valence-corrected chi connectivity index (χ2v) is 2.07. The molecule has 0 unspecified atom stereocenters. The second kappa shape index (κ2) is 3.79. The molecule has 0 heterocycles. The Hall–Kier alpha value is -1.16. The Balaban J connectivity index is 4.11. The van der Waals surface area contributed by atoms with Crippen LogP contribution in [-0.2, 0) is 0 Å². The van der Waals surface area contributed by atoms with Crippen molar-refractivity contribution in [2.24, 2.45) is 0 Å². The zero-order chi connectivity index (χ0) is 8.15. The molecule has 0 aliphatic heterocycles. The molecule has 0 N–H and O–H groups in total. The van der Waals surface area contributed by atoms with E-state index in [1.807, 2.05) is 18.9 Å². The number of terminal acetylenes is 1. The minimum atomic E-state index is 0.659. The lowest BCUT2D eigenvalue weighted by molar-refractivity contribution is 0.526. The monoisotopic (exact) mass is 135 g/mol. The van der Waals surface area contributed by atoms with Crippen molar-refractivity contribution in [2.45, 2.75) is 13.3 Å². The van der Waals surface area contributed by atoms with Gasteiger partial charge in [-0.05, 0) is 6.42 Å². The molecular formula is C9H13N. The van der Waals surface area contributed by atoms with E-state index in [2.05, 4.69) is 19.1 Å². The highest BCUT2D eigenvalue weighted by atomic mass is 15.1. The number of hydrogen-bond acceptors (Lipinski definition) is 1. The van der Waals surface area contributed by atoms with Crippen LogP contribution in [0.15, 0.2) is 24.6 Å². The third-order valence-corrected chi connectivity index (χ3v) is 1.45. The maximum atomic E-state index is 5.13. The maximum absolute atomic E-state index is 5.13. The van der Waals surface area contributed by atoms with Gasteiger partial charge in [-0.1, -0.05) is 26.0 Å². The molecule has 0 aromatic carbocycles. The third-order valence-electron chi connectivity index (χ3n) is 1.45. The SMILES string of the molecule is C#CC(=C)N(C)C(=C)CC. The molecule has 0 amide bonds. The van der Waals surface area contributed by atoms with Gasteiger partial charge in [0, 0.05) is 12.7 Å². The molecule has 0 aliphatic carbocycles. The van der Waals surface area contributed by atoms with Crippen LogP contribution in [0.1, 0.15) is 13.3 Å². The summed E-state index contributed by atoms with van der Waals surface area (Å²) in [5.41, 5.74) is 1.65. The molecule has 0 aromatic heterocycles. The lowest BCUT2D eigenvalue weighted by Crippen LogP contribution is -2.13. The number of nitrogens with zero attached hydrogens (tertiary/aromatic N) is 1. The van der Waals surface area contributed by atoms with E-state index < -0.39 is 0 Å². The van der Waals surface area contributed by atoms with Gasteiger partial charge < -0.3 is 4.90 Å². The Morgan fingerprint density at radius 1 is 1.60 bits per heavy atom. The summed E-state index contributed by atoms with van der Waals surface area (Å²) in [7, 11) is 1.87. The van der Waals surface area contributed by atoms with Crippen LogP contribution in [0.4, 0.5) is 0 Å². The number of rotatable bonds is 3. The Morgan fingerprint density at radius 3 is 2.40 bits per heavy atom. The average molecular weight is 135 g/mol. The summed E-state index contributed by atoms with van der Waals surface area (Å²) in [5, 5.41) is 0. The van der Waals surface area contributed by atoms with E-state index in [1.165, 1.54) is 0 Å². The second-order valence-electron chi connectivity index (χ2n) is 2.07. The minimum absolute atomic E-state index is 0.659. The summed E-state index contributed by atoms with van der Waals surface area (Å²) in [6.07, 6.45) is 6.03. The first-order chi connectivity index (χ1) is 4.63. The van der Waals surface area contributed by atoms with Crippen LogP contribution < -0.4 is 0 Å². The Labute approximate surface area is 63.0 Å². The van der Waals surface area contributed by atoms with Gasteiger partial charge in [-0.3, -0.25) is 0 Å². The highest BCUT2D eigenvalue weighted by molar-refractivity contribution is 5.23. The lowest BCUT2D eigenvalue weighted by atomic mass is 10.3. The fourth-order valence-corrected chi connectivity index (χ4v) is 0.525. The fourth-order valence-electron chi connectivity index (χ4n) is 0.525. The van der Waals surface area contributed by atoms with E-state index in [4.69, 9.17) is 6.42 Å². The number of allylic oxidation sites excluding steroid dienone is 2. The van der Waals surface area contributed by atoms with Crippen molar-refractivity contribution >= 4 is 0 Å². The van der Waals surface area contributed by atoms with Crippen LogP contribution in [-0.4, -0.2) is 11.9 Å². The normalized spacial score (nSPS) is 8.10. The van der Waals surface area contributed by atoms with Gasteiger partial charge in [0.25, 0.3) is 0 Å². The molecule has 0 saturated heterocycles. The van der Waals surface area contributed by atoms with E-state index in [9.17, 15) is 0 Å². The van der Waals surface area contributed by atoms with Crippen molar-refractivity contribution in [3.8, 4) is 12.3 Å². The van der Waals surface area contributed by atoms with Gasteiger partial charge in [0.05, 0.1) is 5.70 Å². The van der Waals surface area contributed by atoms with Gasteiger partial charge in [-0.25, -0.2) is 0 Å². The van der Waals surface area contributed by atoms with Crippen LogP contribution in [0.5, 0.6) is 0 Å². The molecule has 0 rings (SSSR count). The molecule has 0 atom stereocenters. The summed E-state index contributed by atoms with van der Waals surface area (Å²) in [6.45, 7) is 9.51. The largest absolute Gasteiger partial charge is 0.342 e. The maximum Gasteiger partial charge on any atom is 0.0842 e. The predicted octanol–water partition coefficient (Wildman–Crippen LogP) is 1.99. The van der Waals surface area contributed by atoms with E-state index in [-0.39, 0.29) is 0 Å².